The van der Waals surface area contributed by atoms with E-state index in [1.54, 1.807) is 0 Å². The second-order valence-corrected chi connectivity index (χ2v) is 4.86. The topological polar surface area (TPSA) is 32.3 Å². The maximum atomic E-state index is 9.40. The van der Waals surface area contributed by atoms with Gasteiger partial charge in [0.15, 0.2) is 0 Å². The second-order valence-electron chi connectivity index (χ2n) is 4.42. The van der Waals surface area contributed by atoms with E-state index in [2.05, 4.69) is 18.3 Å². The zero-order valence-electron chi connectivity index (χ0n) is 9.54. The highest BCUT2D eigenvalue weighted by molar-refractivity contribution is 6.30. The molecule has 1 aromatic carbocycles. The van der Waals surface area contributed by atoms with Crippen LogP contribution in [-0.4, -0.2) is 18.3 Å². The summed E-state index contributed by atoms with van der Waals surface area (Å²) in [5.74, 6) is 0.292. The Hall–Kier alpha value is -0.570. The molecule has 0 saturated carbocycles. The molecule has 0 aromatic heterocycles. The van der Waals surface area contributed by atoms with Crippen LogP contribution in [0.2, 0.25) is 5.02 Å². The Labute approximate surface area is 102 Å². The van der Waals surface area contributed by atoms with Crippen molar-refractivity contribution in [2.45, 2.75) is 25.8 Å². The predicted octanol–water partition coefficient (Wildman–Crippen LogP) is 2.55. The van der Waals surface area contributed by atoms with Gasteiger partial charge in [0.05, 0.1) is 0 Å². The van der Waals surface area contributed by atoms with Gasteiger partial charge in [-0.2, -0.15) is 0 Å². The van der Waals surface area contributed by atoms with Crippen molar-refractivity contribution in [2.75, 3.05) is 13.2 Å². The van der Waals surface area contributed by atoms with E-state index in [-0.39, 0.29) is 12.6 Å². The molecule has 2 atom stereocenters. The Morgan fingerprint density at radius 1 is 1.50 bits per heavy atom. The van der Waals surface area contributed by atoms with Crippen LogP contribution in [-0.2, 0) is 6.42 Å². The molecule has 2 unspecified atom stereocenters. The first kappa shape index (κ1) is 11.9. The molecule has 0 fully saturated rings. The van der Waals surface area contributed by atoms with Crippen molar-refractivity contribution >= 4 is 11.6 Å². The third-order valence-corrected chi connectivity index (χ3v) is 3.48. The zero-order chi connectivity index (χ0) is 11.5. The van der Waals surface area contributed by atoms with Crippen LogP contribution in [0.5, 0.6) is 0 Å². The van der Waals surface area contributed by atoms with E-state index in [0.29, 0.717) is 5.92 Å². The lowest BCUT2D eigenvalue weighted by Crippen LogP contribution is -2.27. The van der Waals surface area contributed by atoms with Crippen LogP contribution in [0.15, 0.2) is 18.2 Å². The number of nitrogens with one attached hydrogen (secondary N) is 1. The number of hydrogen-bond donors (Lipinski definition) is 2. The minimum Gasteiger partial charge on any atom is -0.396 e. The van der Waals surface area contributed by atoms with Crippen molar-refractivity contribution in [3.05, 3.63) is 34.3 Å². The quantitative estimate of drug-likeness (QED) is 0.847. The van der Waals surface area contributed by atoms with Crippen LogP contribution >= 0.6 is 11.6 Å². The van der Waals surface area contributed by atoms with E-state index in [1.165, 1.54) is 11.1 Å². The standard InChI is InChI=1S/C13H18ClNO/c1-2-5-15-13-10(8-16)6-9-7-11(14)3-4-12(9)13/h3-4,7,10,13,15-16H,2,5-6,8H2,1H3. The molecule has 2 rings (SSSR count). The summed E-state index contributed by atoms with van der Waals surface area (Å²) in [6.07, 6.45) is 2.03. The van der Waals surface area contributed by atoms with Gasteiger partial charge in [-0.15, -0.1) is 0 Å². The molecule has 2 nitrogen and oxygen atoms in total. The molecule has 1 aliphatic rings. The van der Waals surface area contributed by atoms with Gasteiger partial charge in [-0.05, 0) is 42.6 Å². The van der Waals surface area contributed by atoms with Gasteiger partial charge in [-0.1, -0.05) is 24.6 Å². The fraction of sp³-hybridized carbons (Fsp3) is 0.538. The molecule has 3 heteroatoms. The summed E-state index contributed by atoms with van der Waals surface area (Å²) in [7, 11) is 0. The van der Waals surface area contributed by atoms with Crippen LogP contribution in [0.25, 0.3) is 0 Å². The van der Waals surface area contributed by atoms with Crippen molar-refractivity contribution < 1.29 is 5.11 Å². The van der Waals surface area contributed by atoms with Crippen LogP contribution in [0.4, 0.5) is 0 Å². The smallest absolute Gasteiger partial charge is 0.0480 e. The van der Waals surface area contributed by atoms with Crippen molar-refractivity contribution in [1.29, 1.82) is 0 Å². The SMILES string of the molecule is CCCNC1c2ccc(Cl)cc2CC1CO. The Morgan fingerprint density at radius 2 is 2.31 bits per heavy atom. The first-order valence-corrected chi connectivity index (χ1v) is 6.26. The molecule has 0 amide bonds. The zero-order valence-corrected chi connectivity index (χ0v) is 10.3. The van der Waals surface area contributed by atoms with E-state index in [4.69, 9.17) is 11.6 Å². The molecule has 0 radical (unpaired) electrons. The summed E-state index contributed by atoms with van der Waals surface area (Å²) in [5, 5.41) is 13.7. The minimum atomic E-state index is 0.230. The van der Waals surface area contributed by atoms with Crippen molar-refractivity contribution in [2.24, 2.45) is 5.92 Å². The lowest BCUT2D eigenvalue weighted by Gasteiger charge is -2.19. The monoisotopic (exact) mass is 239 g/mol. The second kappa shape index (κ2) is 5.17. The van der Waals surface area contributed by atoms with E-state index in [1.807, 2.05) is 12.1 Å². The third-order valence-electron chi connectivity index (χ3n) is 3.24. The Morgan fingerprint density at radius 3 is 3.00 bits per heavy atom. The van der Waals surface area contributed by atoms with Gasteiger partial charge in [0.2, 0.25) is 0 Å². The molecule has 0 aliphatic heterocycles. The van der Waals surface area contributed by atoms with E-state index >= 15 is 0 Å². The fourth-order valence-corrected chi connectivity index (χ4v) is 2.65. The van der Waals surface area contributed by atoms with Crippen LogP contribution in [0.3, 0.4) is 0 Å². The summed E-state index contributed by atoms with van der Waals surface area (Å²) in [4.78, 5) is 0. The number of fused-ring (bicyclic) bond motifs is 1. The first-order chi connectivity index (χ1) is 7.76. The van der Waals surface area contributed by atoms with Crippen molar-refractivity contribution in [1.82, 2.24) is 5.32 Å². The number of aliphatic hydroxyl groups excluding tert-OH is 1. The normalized spacial score (nSPS) is 23.4. The molecule has 0 heterocycles. The molecular formula is C13H18ClNO. The molecular weight excluding hydrogens is 222 g/mol. The Bertz CT molecular complexity index is 367. The lowest BCUT2D eigenvalue weighted by molar-refractivity contribution is 0.200. The fourth-order valence-electron chi connectivity index (χ4n) is 2.46. The number of hydrogen-bond acceptors (Lipinski definition) is 2. The first-order valence-electron chi connectivity index (χ1n) is 5.88. The summed E-state index contributed by atoms with van der Waals surface area (Å²) in [6, 6.07) is 6.33. The average molecular weight is 240 g/mol. The van der Waals surface area contributed by atoms with Gasteiger partial charge >= 0.3 is 0 Å². The maximum absolute atomic E-state index is 9.40. The Kier molecular flexibility index (Phi) is 3.85. The predicted molar refractivity (Wildman–Crippen MR) is 66.8 cm³/mol. The maximum Gasteiger partial charge on any atom is 0.0480 e. The molecule has 16 heavy (non-hydrogen) atoms. The molecule has 0 saturated heterocycles. The number of halogens is 1. The summed E-state index contributed by atoms with van der Waals surface area (Å²) in [6.45, 7) is 3.37. The van der Waals surface area contributed by atoms with Gasteiger partial charge in [0.1, 0.15) is 0 Å². The number of rotatable bonds is 4. The minimum absolute atomic E-state index is 0.230. The molecule has 1 aliphatic carbocycles. The van der Waals surface area contributed by atoms with Gasteiger partial charge < -0.3 is 10.4 Å². The average Bonchev–Trinajstić information content (AvgIpc) is 2.63. The molecule has 1 aromatic rings. The molecule has 0 bridgehead atoms. The van der Waals surface area contributed by atoms with Gasteiger partial charge in [0, 0.05) is 23.6 Å². The summed E-state index contributed by atoms with van der Waals surface area (Å²) >= 11 is 5.98. The van der Waals surface area contributed by atoms with Crippen LogP contribution in [0.1, 0.15) is 30.5 Å². The molecule has 0 spiro atoms. The number of aliphatic hydroxyl groups is 1. The van der Waals surface area contributed by atoms with E-state index in [0.717, 1.165) is 24.4 Å². The number of benzene rings is 1. The van der Waals surface area contributed by atoms with Crippen LogP contribution in [0, 0.1) is 5.92 Å². The molecule has 2 N–H and O–H groups in total. The van der Waals surface area contributed by atoms with Crippen LogP contribution < -0.4 is 5.32 Å². The lowest BCUT2D eigenvalue weighted by atomic mass is 10.0. The Balaban J connectivity index is 2.22. The summed E-state index contributed by atoms with van der Waals surface area (Å²) < 4.78 is 0. The van der Waals surface area contributed by atoms with Gasteiger partial charge in [-0.3, -0.25) is 0 Å². The molecule has 88 valence electrons. The highest BCUT2D eigenvalue weighted by atomic mass is 35.5. The van der Waals surface area contributed by atoms with Crippen molar-refractivity contribution in [3.63, 3.8) is 0 Å². The highest BCUT2D eigenvalue weighted by Crippen LogP contribution is 2.37. The van der Waals surface area contributed by atoms with Gasteiger partial charge in [0.25, 0.3) is 0 Å². The van der Waals surface area contributed by atoms with Gasteiger partial charge in [-0.25, -0.2) is 0 Å². The summed E-state index contributed by atoms with van der Waals surface area (Å²) in [5.41, 5.74) is 2.58. The third kappa shape index (κ3) is 2.24. The van der Waals surface area contributed by atoms with E-state index in [9.17, 15) is 5.11 Å². The van der Waals surface area contributed by atoms with E-state index < -0.39 is 0 Å². The highest BCUT2D eigenvalue weighted by Gasteiger charge is 2.31. The largest absolute Gasteiger partial charge is 0.396 e. The van der Waals surface area contributed by atoms with Crippen molar-refractivity contribution in [3.8, 4) is 0 Å².